The normalized spacial score (nSPS) is 20.7. The molecule has 0 aliphatic carbocycles. The van der Waals surface area contributed by atoms with Crippen molar-refractivity contribution >= 4 is 21.8 Å². The van der Waals surface area contributed by atoms with Crippen LogP contribution < -0.4 is 10.6 Å². The molecule has 8 heteroatoms. The Morgan fingerprint density at radius 1 is 1.24 bits per heavy atom. The fourth-order valence-corrected chi connectivity index (χ4v) is 3.18. The number of hydrogen-bond donors (Lipinski definition) is 3. The third-order valence-corrected chi connectivity index (χ3v) is 4.30. The van der Waals surface area contributed by atoms with Crippen molar-refractivity contribution in [1.29, 1.82) is 0 Å². The van der Waals surface area contributed by atoms with Crippen LogP contribution in [0.3, 0.4) is 0 Å². The lowest BCUT2D eigenvalue weighted by atomic mass is 10.1. The van der Waals surface area contributed by atoms with Crippen molar-refractivity contribution in [1.82, 2.24) is 10.6 Å². The molecule has 1 aliphatic heterocycles. The van der Waals surface area contributed by atoms with Crippen molar-refractivity contribution in [3.63, 3.8) is 0 Å². The smallest absolute Gasteiger partial charge is 0.330 e. The second-order valence-corrected chi connectivity index (χ2v) is 6.50. The van der Waals surface area contributed by atoms with Crippen LogP contribution in [0.5, 0.6) is 0 Å². The van der Waals surface area contributed by atoms with Crippen LogP contribution in [0.4, 0.5) is 4.79 Å². The van der Waals surface area contributed by atoms with Crippen molar-refractivity contribution < 1.29 is 23.1 Å². The molecule has 2 amide bonds. The van der Waals surface area contributed by atoms with Gasteiger partial charge in [-0.15, -0.1) is 0 Å². The van der Waals surface area contributed by atoms with Gasteiger partial charge in [0.2, 0.25) is 0 Å². The van der Waals surface area contributed by atoms with Gasteiger partial charge in [0.05, 0.1) is 11.8 Å². The number of aliphatic carboxylic acids is 1. The average molecular weight is 310 g/mol. The van der Waals surface area contributed by atoms with E-state index >= 15 is 0 Å². The summed E-state index contributed by atoms with van der Waals surface area (Å²) in [5, 5.41) is 14.9. The maximum atomic E-state index is 11.8. The van der Waals surface area contributed by atoms with Crippen LogP contribution in [-0.4, -0.2) is 37.3 Å². The maximum absolute atomic E-state index is 11.8. The molecule has 0 bridgehead atoms. The first kappa shape index (κ1) is 15.0. The summed E-state index contributed by atoms with van der Waals surface area (Å²) < 4.78 is 22.4. The molecule has 1 aromatic rings. The zero-order valence-corrected chi connectivity index (χ0v) is 11.7. The van der Waals surface area contributed by atoms with Crippen LogP contribution in [0.25, 0.3) is 0 Å². The van der Waals surface area contributed by atoms with Gasteiger partial charge < -0.3 is 15.7 Å². The van der Waals surface area contributed by atoms with Crippen LogP contribution in [-0.2, 0) is 14.6 Å². The van der Waals surface area contributed by atoms with Crippen molar-refractivity contribution in [2.24, 2.45) is 0 Å². The highest BCUT2D eigenvalue weighted by atomic mass is 32.2. The Hall–Kier alpha value is -2.35. The molecular formula is C13H14N2O5S. The minimum atomic E-state index is -3.28. The van der Waals surface area contributed by atoms with Crippen LogP contribution in [0, 0.1) is 0 Å². The van der Waals surface area contributed by atoms with Gasteiger partial charge >= 0.3 is 12.0 Å². The van der Waals surface area contributed by atoms with Gasteiger partial charge in [-0.05, 0) is 11.6 Å². The highest BCUT2D eigenvalue weighted by Crippen LogP contribution is 2.13. The molecule has 0 aromatic heterocycles. The molecule has 0 saturated carbocycles. The van der Waals surface area contributed by atoms with E-state index in [1.54, 1.807) is 30.3 Å². The van der Waals surface area contributed by atoms with Crippen molar-refractivity contribution in [3.05, 3.63) is 47.4 Å². The van der Waals surface area contributed by atoms with E-state index in [4.69, 9.17) is 5.11 Å². The van der Waals surface area contributed by atoms with E-state index in [1.807, 2.05) is 0 Å². The molecule has 1 aliphatic rings. The first-order chi connectivity index (χ1) is 9.87. The summed E-state index contributed by atoms with van der Waals surface area (Å²) in [7, 11) is -3.28. The Labute approximate surface area is 121 Å². The topological polar surface area (TPSA) is 113 Å². The molecule has 112 valence electrons. The fraction of sp³-hybridized carbons (Fsp3) is 0.231. The molecule has 21 heavy (non-hydrogen) atoms. The number of carbonyl (C=O) groups excluding carboxylic acids is 1. The molecule has 2 rings (SSSR count). The van der Waals surface area contributed by atoms with Crippen LogP contribution >= 0.6 is 0 Å². The Morgan fingerprint density at radius 2 is 1.90 bits per heavy atom. The summed E-state index contributed by atoms with van der Waals surface area (Å²) in [5.74, 6) is -1.42. The van der Waals surface area contributed by atoms with Crippen LogP contribution in [0.1, 0.15) is 11.6 Å². The number of amides is 2. The van der Waals surface area contributed by atoms with Gasteiger partial charge in [-0.25, -0.2) is 18.0 Å². The van der Waals surface area contributed by atoms with Gasteiger partial charge in [-0.3, -0.25) is 0 Å². The molecule has 0 fully saturated rings. The van der Waals surface area contributed by atoms with E-state index in [0.29, 0.717) is 5.56 Å². The Kier molecular flexibility index (Phi) is 4.27. The molecule has 7 nitrogen and oxygen atoms in total. The standard InChI is InChI=1S/C13H14N2O5S/c16-12(17)11(9-4-2-1-3-5-9)15-13(18)14-10-6-7-21(19,20)8-10/h1-7,10-11H,8H2,(H,16,17)(H2,14,15,18). The van der Waals surface area contributed by atoms with E-state index in [2.05, 4.69) is 10.6 Å². The Bertz CT molecular complexity index is 669. The monoisotopic (exact) mass is 310 g/mol. The lowest BCUT2D eigenvalue weighted by Crippen LogP contribution is -2.45. The molecule has 1 heterocycles. The van der Waals surface area contributed by atoms with Gasteiger partial charge in [-0.1, -0.05) is 30.3 Å². The van der Waals surface area contributed by atoms with Crippen molar-refractivity contribution in [2.45, 2.75) is 12.1 Å². The number of carboxylic acids is 1. The first-order valence-electron chi connectivity index (χ1n) is 6.13. The van der Waals surface area contributed by atoms with Crippen molar-refractivity contribution in [2.75, 3.05) is 5.75 Å². The number of hydrogen-bond acceptors (Lipinski definition) is 4. The Morgan fingerprint density at radius 3 is 2.43 bits per heavy atom. The van der Waals surface area contributed by atoms with E-state index in [0.717, 1.165) is 5.41 Å². The number of rotatable bonds is 4. The highest BCUT2D eigenvalue weighted by Gasteiger charge is 2.26. The SMILES string of the molecule is O=C(NC1C=CS(=O)(=O)C1)NC(C(=O)O)c1ccccc1. The molecule has 2 unspecified atom stereocenters. The number of sulfone groups is 1. The quantitative estimate of drug-likeness (QED) is 0.746. The van der Waals surface area contributed by atoms with E-state index in [-0.39, 0.29) is 5.75 Å². The van der Waals surface area contributed by atoms with Gasteiger partial charge in [-0.2, -0.15) is 0 Å². The summed E-state index contributed by atoms with van der Waals surface area (Å²) in [5.41, 5.74) is 0.426. The van der Waals surface area contributed by atoms with Gasteiger partial charge in [0.25, 0.3) is 0 Å². The molecule has 1 aromatic carbocycles. The zero-order chi connectivity index (χ0) is 15.5. The van der Waals surface area contributed by atoms with Gasteiger partial charge in [0.1, 0.15) is 0 Å². The van der Waals surface area contributed by atoms with E-state index in [9.17, 15) is 18.0 Å². The number of carboxylic acid groups (broad SMARTS) is 1. The largest absolute Gasteiger partial charge is 0.479 e. The minimum Gasteiger partial charge on any atom is -0.479 e. The lowest BCUT2D eigenvalue weighted by molar-refractivity contribution is -0.139. The van der Waals surface area contributed by atoms with Crippen LogP contribution in [0.2, 0.25) is 0 Å². The van der Waals surface area contributed by atoms with E-state index in [1.165, 1.54) is 6.08 Å². The lowest BCUT2D eigenvalue weighted by Gasteiger charge is -2.17. The second kappa shape index (κ2) is 5.96. The predicted molar refractivity (Wildman–Crippen MR) is 75.2 cm³/mol. The molecule has 0 saturated heterocycles. The number of nitrogens with one attached hydrogen (secondary N) is 2. The van der Waals surface area contributed by atoms with Gasteiger partial charge in [0, 0.05) is 5.41 Å². The molecule has 2 atom stereocenters. The fourth-order valence-electron chi connectivity index (χ4n) is 1.94. The number of urea groups is 1. The Balaban J connectivity index is 2.00. The second-order valence-electron chi connectivity index (χ2n) is 4.56. The highest BCUT2D eigenvalue weighted by molar-refractivity contribution is 7.94. The first-order valence-corrected chi connectivity index (χ1v) is 7.85. The summed E-state index contributed by atoms with van der Waals surface area (Å²) in [4.78, 5) is 23.0. The summed E-state index contributed by atoms with van der Waals surface area (Å²) in [6.45, 7) is 0. The maximum Gasteiger partial charge on any atom is 0.330 e. The summed E-state index contributed by atoms with van der Waals surface area (Å²) in [6, 6.07) is 5.63. The number of carbonyl (C=O) groups is 2. The molecule has 3 N–H and O–H groups in total. The average Bonchev–Trinajstić information content (AvgIpc) is 2.76. The summed E-state index contributed by atoms with van der Waals surface area (Å²) in [6.07, 6.45) is 1.35. The zero-order valence-electron chi connectivity index (χ0n) is 10.9. The minimum absolute atomic E-state index is 0.219. The van der Waals surface area contributed by atoms with Crippen LogP contribution in [0.15, 0.2) is 41.8 Å². The summed E-state index contributed by atoms with van der Waals surface area (Å²) >= 11 is 0. The van der Waals surface area contributed by atoms with E-state index < -0.39 is 33.9 Å². The third kappa shape index (κ3) is 4.06. The molecular weight excluding hydrogens is 296 g/mol. The number of benzene rings is 1. The van der Waals surface area contributed by atoms with Crippen molar-refractivity contribution in [3.8, 4) is 0 Å². The molecule has 0 radical (unpaired) electrons. The van der Waals surface area contributed by atoms with Gasteiger partial charge in [0.15, 0.2) is 15.9 Å². The predicted octanol–water partition coefficient (Wildman–Crippen LogP) is 0.422. The molecule has 0 spiro atoms. The third-order valence-electron chi connectivity index (χ3n) is 2.90.